The number of carbonyl (C=O) groups excluding carboxylic acids is 2. The Bertz CT molecular complexity index is 580. The Kier molecular flexibility index (Phi) is 8.06. The van der Waals surface area contributed by atoms with Crippen molar-refractivity contribution in [3.8, 4) is 0 Å². The second kappa shape index (κ2) is 10.3. The summed E-state index contributed by atoms with van der Waals surface area (Å²) in [5.41, 5.74) is 1.86. The molecule has 0 spiro atoms. The van der Waals surface area contributed by atoms with Gasteiger partial charge in [0.15, 0.2) is 5.78 Å². The third-order valence-corrected chi connectivity index (χ3v) is 4.50. The van der Waals surface area contributed by atoms with E-state index in [0.29, 0.717) is 13.0 Å². The van der Waals surface area contributed by atoms with Crippen LogP contribution in [0.15, 0.2) is 24.3 Å². The Labute approximate surface area is 156 Å². The van der Waals surface area contributed by atoms with Crippen molar-refractivity contribution in [2.45, 2.75) is 26.4 Å². The van der Waals surface area contributed by atoms with E-state index in [0.717, 1.165) is 37.4 Å². The van der Waals surface area contributed by atoms with Crippen LogP contribution in [0.4, 0.5) is 5.69 Å². The van der Waals surface area contributed by atoms with Crippen LogP contribution in [0.2, 0.25) is 0 Å². The number of hydrogen-bond donors (Lipinski definition) is 0. The number of piperazine rings is 1. The Morgan fingerprint density at radius 3 is 2.38 bits per heavy atom. The summed E-state index contributed by atoms with van der Waals surface area (Å²) in [4.78, 5) is 27.7. The van der Waals surface area contributed by atoms with Gasteiger partial charge in [-0.15, -0.1) is 0 Å². The highest BCUT2D eigenvalue weighted by molar-refractivity contribution is 5.94. The molecule has 1 aliphatic rings. The summed E-state index contributed by atoms with van der Waals surface area (Å²) in [6.45, 7) is 13.3. The van der Waals surface area contributed by atoms with Crippen molar-refractivity contribution in [3.63, 3.8) is 0 Å². The first-order valence-electron chi connectivity index (χ1n) is 9.05. The summed E-state index contributed by atoms with van der Waals surface area (Å²) >= 11 is 0. The van der Waals surface area contributed by atoms with Gasteiger partial charge in [0.2, 0.25) is 0 Å². The number of nitrogens with zero attached hydrogens (tertiary/aromatic N) is 2. The molecule has 1 aromatic carbocycles. The van der Waals surface area contributed by atoms with Gasteiger partial charge in [-0.3, -0.25) is 14.5 Å². The van der Waals surface area contributed by atoms with Crippen molar-refractivity contribution >= 4 is 17.4 Å². The number of hydrogen-bond acceptors (Lipinski definition) is 6. The molecule has 1 fully saturated rings. The van der Waals surface area contributed by atoms with Crippen LogP contribution in [0.5, 0.6) is 0 Å². The van der Waals surface area contributed by atoms with Gasteiger partial charge >= 0.3 is 5.97 Å². The zero-order valence-electron chi connectivity index (χ0n) is 15.6. The van der Waals surface area contributed by atoms with Crippen LogP contribution >= 0.6 is 0 Å². The molecular formula is C20H28N2O4. The number of anilines is 1. The second-order valence-corrected chi connectivity index (χ2v) is 6.51. The lowest BCUT2D eigenvalue weighted by Gasteiger charge is -2.36. The average Bonchev–Trinajstić information content (AvgIpc) is 2.65. The molecule has 1 aromatic rings. The molecule has 142 valence electrons. The van der Waals surface area contributed by atoms with Gasteiger partial charge in [-0.1, -0.05) is 0 Å². The molecule has 1 aliphatic heterocycles. The van der Waals surface area contributed by atoms with Crippen molar-refractivity contribution in [1.82, 2.24) is 4.90 Å². The fraction of sp³-hybridized carbons (Fsp3) is 0.550. The summed E-state index contributed by atoms with van der Waals surface area (Å²) in [5, 5.41) is 0. The first kappa shape index (κ1) is 20.4. The molecule has 1 unspecified atom stereocenters. The Balaban J connectivity index is 1.68. The van der Waals surface area contributed by atoms with E-state index in [1.165, 1.54) is 0 Å². The zero-order valence-corrected chi connectivity index (χ0v) is 15.6. The van der Waals surface area contributed by atoms with Gasteiger partial charge < -0.3 is 14.4 Å². The fourth-order valence-electron chi connectivity index (χ4n) is 2.88. The van der Waals surface area contributed by atoms with Crippen LogP contribution < -0.4 is 4.90 Å². The molecule has 2 rings (SSSR count). The van der Waals surface area contributed by atoms with Gasteiger partial charge in [-0.25, -0.2) is 0 Å². The van der Waals surface area contributed by atoms with Crippen LogP contribution in [0.25, 0.3) is 0 Å². The summed E-state index contributed by atoms with van der Waals surface area (Å²) in [5.74, 6) is -0.128. The highest BCUT2D eigenvalue weighted by atomic mass is 16.6. The van der Waals surface area contributed by atoms with E-state index in [2.05, 4.69) is 9.80 Å². The Morgan fingerprint density at radius 1 is 1.15 bits per heavy atom. The predicted molar refractivity (Wildman–Crippen MR) is 100 cm³/mol. The molecule has 2 radical (unpaired) electrons. The minimum Gasteiger partial charge on any atom is -0.463 e. The topological polar surface area (TPSA) is 59.1 Å². The van der Waals surface area contributed by atoms with Crippen molar-refractivity contribution in [1.29, 1.82) is 0 Å². The monoisotopic (exact) mass is 360 g/mol. The largest absolute Gasteiger partial charge is 0.463 e. The maximum atomic E-state index is 11.8. The summed E-state index contributed by atoms with van der Waals surface area (Å²) in [7, 11) is 0. The number of ether oxygens (including phenoxy) is 2. The Hall–Kier alpha value is -1.92. The van der Waals surface area contributed by atoms with E-state index >= 15 is 0 Å². The number of Topliss-reactive ketones (excluding diaryl/α,β-unsaturated/α-hetero) is 1. The lowest BCUT2D eigenvalue weighted by Crippen LogP contribution is -2.47. The molecule has 26 heavy (non-hydrogen) atoms. The lowest BCUT2D eigenvalue weighted by molar-refractivity contribution is -0.147. The summed E-state index contributed by atoms with van der Waals surface area (Å²) < 4.78 is 10.3. The smallest absolute Gasteiger partial charge is 0.307 e. The normalized spacial score (nSPS) is 16.3. The molecule has 6 heteroatoms. The molecule has 0 aromatic heterocycles. The van der Waals surface area contributed by atoms with Gasteiger partial charge in [-0.05, 0) is 45.0 Å². The molecule has 0 bridgehead atoms. The number of benzene rings is 1. The lowest BCUT2D eigenvalue weighted by atomic mass is 10.1. The minimum absolute atomic E-state index is 0.0808. The number of rotatable bonds is 9. The van der Waals surface area contributed by atoms with E-state index in [1.807, 2.05) is 31.2 Å². The molecule has 0 saturated carbocycles. The highest BCUT2D eigenvalue weighted by Gasteiger charge is 2.18. The predicted octanol–water partition coefficient (Wildman–Crippen LogP) is 2.06. The van der Waals surface area contributed by atoms with Crippen LogP contribution in [0, 0.1) is 6.92 Å². The Morgan fingerprint density at radius 2 is 1.81 bits per heavy atom. The van der Waals surface area contributed by atoms with Gasteiger partial charge in [0, 0.05) is 44.0 Å². The third kappa shape index (κ3) is 6.42. The van der Waals surface area contributed by atoms with Gasteiger partial charge in [0.1, 0.15) is 6.61 Å². The molecule has 0 aliphatic carbocycles. The van der Waals surface area contributed by atoms with Crippen molar-refractivity contribution in [3.05, 3.63) is 36.8 Å². The average molecular weight is 360 g/mol. The van der Waals surface area contributed by atoms with Gasteiger partial charge in [-0.2, -0.15) is 0 Å². The van der Waals surface area contributed by atoms with Crippen LogP contribution in [0.1, 0.15) is 30.6 Å². The first-order valence-corrected chi connectivity index (χ1v) is 9.05. The van der Waals surface area contributed by atoms with Gasteiger partial charge in [0.05, 0.1) is 19.1 Å². The molecule has 1 saturated heterocycles. The number of ketones is 1. The highest BCUT2D eigenvalue weighted by Crippen LogP contribution is 2.17. The standard InChI is InChI=1S/C20H28N2O4/c1-4-25-16(2)15-26-20(24)9-10-21-11-13-22(14-12-21)19-7-5-18(6-8-19)17(3)23/h1,5-8,16H,4,9-15H2,2-3H3. The molecule has 0 amide bonds. The third-order valence-electron chi connectivity index (χ3n) is 4.50. The molecular weight excluding hydrogens is 332 g/mol. The summed E-state index contributed by atoms with van der Waals surface area (Å²) in [6.07, 6.45) is 0.199. The van der Waals surface area contributed by atoms with Crippen LogP contribution in [0.3, 0.4) is 0 Å². The SMILES string of the molecule is [CH]COC(C)COC(=O)CCN1CCN(c2ccc(C(C)=O)cc2)CC1. The second-order valence-electron chi connectivity index (χ2n) is 6.51. The summed E-state index contributed by atoms with van der Waals surface area (Å²) in [6, 6.07) is 7.73. The van der Waals surface area contributed by atoms with E-state index in [1.54, 1.807) is 6.92 Å². The van der Waals surface area contributed by atoms with E-state index < -0.39 is 0 Å². The molecule has 6 nitrogen and oxygen atoms in total. The van der Waals surface area contributed by atoms with Crippen molar-refractivity contribution in [2.24, 2.45) is 0 Å². The van der Waals surface area contributed by atoms with E-state index in [9.17, 15) is 9.59 Å². The number of carbonyl (C=O) groups is 2. The molecule has 1 atom stereocenters. The van der Waals surface area contributed by atoms with E-state index in [-0.39, 0.29) is 31.1 Å². The first-order chi connectivity index (χ1) is 12.5. The molecule has 1 heterocycles. The number of esters is 1. The van der Waals surface area contributed by atoms with Crippen molar-refractivity contribution < 1.29 is 19.1 Å². The van der Waals surface area contributed by atoms with Gasteiger partial charge in [0.25, 0.3) is 0 Å². The maximum Gasteiger partial charge on any atom is 0.307 e. The molecule has 0 N–H and O–H groups in total. The fourth-order valence-corrected chi connectivity index (χ4v) is 2.88. The van der Waals surface area contributed by atoms with E-state index in [4.69, 9.17) is 16.4 Å². The van der Waals surface area contributed by atoms with Crippen LogP contribution in [-0.2, 0) is 14.3 Å². The van der Waals surface area contributed by atoms with Crippen LogP contribution in [-0.4, -0.2) is 68.7 Å². The zero-order chi connectivity index (χ0) is 18.9. The quantitative estimate of drug-likeness (QED) is 0.496. The minimum atomic E-state index is -0.209. The maximum absolute atomic E-state index is 11.8. The van der Waals surface area contributed by atoms with Crippen molar-refractivity contribution in [2.75, 3.05) is 50.8 Å².